The number of carbonyl (C=O) groups is 1. The number of aromatic amines is 1. The van der Waals surface area contributed by atoms with Gasteiger partial charge in [-0.3, -0.25) is 9.89 Å². The number of carboxylic acid groups (broad SMARTS) is 1. The molecule has 0 spiro atoms. The first-order valence-corrected chi connectivity index (χ1v) is 11.3. The molecule has 8 heteroatoms. The van der Waals surface area contributed by atoms with Gasteiger partial charge in [0.25, 0.3) is 5.56 Å². The number of H-pyrrole nitrogens is 1. The predicted octanol–water partition coefficient (Wildman–Crippen LogP) is 5.78. The van der Waals surface area contributed by atoms with E-state index in [0.717, 1.165) is 18.4 Å². The van der Waals surface area contributed by atoms with Crippen LogP contribution in [0.25, 0.3) is 5.69 Å². The summed E-state index contributed by atoms with van der Waals surface area (Å²) in [5.41, 5.74) is 4.09. The van der Waals surface area contributed by atoms with Gasteiger partial charge >= 0.3 is 5.97 Å². The maximum Gasteiger partial charge on any atom is 0.335 e. The van der Waals surface area contributed by atoms with Gasteiger partial charge in [-0.25, -0.2) is 9.48 Å². The maximum atomic E-state index is 12.9. The molecule has 0 fully saturated rings. The standard InChI is InChI=1S/C27H26N4O4/c1-17-8-3-4-9-19(17)10-5-11-20-12-7-15-23(25(20)32)28-29-24-18(2)30-31(26(24)33)22-14-6-13-21(16-22)27(34)35/h3-4,6-9,12-16,30,32H,5,10-11H2,1-2H3,(H,34,35). The molecule has 0 amide bonds. The highest BCUT2D eigenvalue weighted by Gasteiger charge is 2.14. The minimum Gasteiger partial charge on any atom is -0.505 e. The van der Waals surface area contributed by atoms with Crippen LogP contribution in [0, 0.1) is 13.8 Å². The molecule has 0 saturated heterocycles. The first-order chi connectivity index (χ1) is 16.8. The average Bonchev–Trinajstić information content (AvgIpc) is 3.13. The Kier molecular flexibility index (Phi) is 6.91. The number of azo groups is 1. The fraction of sp³-hybridized carbons (Fsp3) is 0.185. The number of nitrogens with zero attached hydrogens (tertiary/aromatic N) is 3. The first kappa shape index (κ1) is 23.7. The van der Waals surface area contributed by atoms with Crippen molar-refractivity contribution in [2.45, 2.75) is 33.1 Å². The zero-order valence-electron chi connectivity index (χ0n) is 19.5. The third-order valence-corrected chi connectivity index (χ3v) is 5.90. The lowest BCUT2D eigenvalue weighted by Gasteiger charge is -2.08. The van der Waals surface area contributed by atoms with E-state index in [-0.39, 0.29) is 22.7 Å². The monoisotopic (exact) mass is 470 g/mol. The van der Waals surface area contributed by atoms with Crippen LogP contribution in [0.1, 0.15) is 39.2 Å². The summed E-state index contributed by atoms with van der Waals surface area (Å²) in [6.45, 7) is 3.77. The molecule has 0 saturated carbocycles. The van der Waals surface area contributed by atoms with E-state index in [0.29, 0.717) is 17.8 Å². The summed E-state index contributed by atoms with van der Waals surface area (Å²) in [6, 6.07) is 19.6. The van der Waals surface area contributed by atoms with Gasteiger partial charge in [0.1, 0.15) is 11.4 Å². The topological polar surface area (TPSA) is 120 Å². The lowest BCUT2D eigenvalue weighted by molar-refractivity contribution is 0.0697. The lowest BCUT2D eigenvalue weighted by atomic mass is 10.00. The third-order valence-electron chi connectivity index (χ3n) is 5.90. The Morgan fingerprint density at radius 3 is 2.43 bits per heavy atom. The molecule has 1 aromatic heterocycles. The van der Waals surface area contributed by atoms with Crippen LogP contribution in [-0.4, -0.2) is 26.0 Å². The number of aromatic hydroxyl groups is 1. The second-order valence-electron chi connectivity index (χ2n) is 8.35. The van der Waals surface area contributed by atoms with Gasteiger partial charge in [0.15, 0.2) is 5.69 Å². The van der Waals surface area contributed by atoms with Crippen molar-refractivity contribution in [3.8, 4) is 11.4 Å². The van der Waals surface area contributed by atoms with E-state index < -0.39 is 11.5 Å². The molecule has 0 atom stereocenters. The van der Waals surface area contributed by atoms with Gasteiger partial charge in [0, 0.05) is 0 Å². The smallest absolute Gasteiger partial charge is 0.335 e. The number of hydrogen-bond donors (Lipinski definition) is 3. The van der Waals surface area contributed by atoms with E-state index in [1.165, 1.54) is 27.9 Å². The fourth-order valence-corrected chi connectivity index (χ4v) is 3.94. The Bertz CT molecular complexity index is 1470. The molecule has 0 aliphatic rings. The number of benzene rings is 3. The Morgan fingerprint density at radius 2 is 1.66 bits per heavy atom. The number of aromatic nitrogens is 2. The molecule has 8 nitrogen and oxygen atoms in total. The molecule has 1 heterocycles. The van der Waals surface area contributed by atoms with Gasteiger partial charge in [0.2, 0.25) is 0 Å². The van der Waals surface area contributed by atoms with Crippen LogP contribution < -0.4 is 5.56 Å². The number of nitrogens with one attached hydrogen (secondary N) is 1. The molecule has 4 rings (SSSR count). The van der Waals surface area contributed by atoms with Crippen molar-refractivity contribution < 1.29 is 15.0 Å². The van der Waals surface area contributed by atoms with Gasteiger partial charge in [-0.05, 0) is 74.1 Å². The normalized spacial score (nSPS) is 11.3. The van der Waals surface area contributed by atoms with E-state index in [1.807, 2.05) is 18.2 Å². The van der Waals surface area contributed by atoms with Crippen LogP contribution in [0.5, 0.6) is 5.75 Å². The zero-order valence-corrected chi connectivity index (χ0v) is 19.5. The molecule has 3 N–H and O–H groups in total. The van der Waals surface area contributed by atoms with E-state index in [1.54, 1.807) is 31.2 Å². The van der Waals surface area contributed by atoms with Crippen LogP contribution in [0.15, 0.2) is 81.8 Å². The molecule has 0 unspecified atom stereocenters. The Hall–Kier alpha value is -4.46. The molecular weight excluding hydrogens is 444 g/mol. The zero-order chi connectivity index (χ0) is 24.9. The van der Waals surface area contributed by atoms with Gasteiger partial charge < -0.3 is 10.2 Å². The van der Waals surface area contributed by atoms with Crippen molar-refractivity contribution >= 4 is 17.3 Å². The summed E-state index contributed by atoms with van der Waals surface area (Å²) < 4.78 is 1.22. The van der Waals surface area contributed by atoms with Crippen LogP contribution in [-0.2, 0) is 12.8 Å². The van der Waals surface area contributed by atoms with E-state index in [4.69, 9.17) is 0 Å². The summed E-state index contributed by atoms with van der Waals surface area (Å²) in [4.78, 5) is 24.2. The second-order valence-corrected chi connectivity index (χ2v) is 8.35. The summed E-state index contributed by atoms with van der Waals surface area (Å²) in [7, 11) is 0. The molecular formula is C27H26N4O4. The minimum absolute atomic E-state index is 0.0451. The number of hydrogen-bond acceptors (Lipinski definition) is 5. The van der Waals surface area contributed by atoms with Crippen molar-refractivity contribution in [2.75, 3.05) is 0 Å². The summed E-state index contributed by atoms with van der Waals surface area (Å²) in [5.74, 6) is -1.04. The molecule has 35 heavy (non-hydrogen) atoms. The Labute approximate surface area is 202 Å². The summed E-state index contributed by atoms with van der Waals surface area (Å²) >= 11 is 0. The van der Waals surface area contributed by atoms with E-state index in [2.05, 4.69) is 34.4 Å². The van der Waals surface area contributed by atoms with Gasteiger partial charge in [0.05, 0.1) is 16.9 Å². The van der Waals surface area contributed by atoms with E-state index >= 15 is 0 Å². The maximum absolute atomic E-state index is 12.9. The van der Waals surface area contributed by atoms with Crippen LogP contribution in [0.3, 0.4) is 0 Å². The Balaban J connectivity index is 1.53. The largest absolute Gasteiger partial charge is 0.505 e. The number of rotatable bonds is 8. The van der Waals surface area contributed by atoms with Crippen molar-refractivity contribution in [1.82, 2.24) is 9.78 Å². The quantitative estimate of drug-likeness (QED) is 0.283. The van der Waals surface area contributed by atoms with Gasteiger partial charge in [-0.1, -0.05) is 42.5 Å². The third kappa shape index (κ3) is 5.22. The fourth-order valence-electron chi connectivity index (χ4n) is 3.94. The molecule has 0 radical (unpaired) electrons. The number of phenols is 1. The number of phenolic OH excluding ortho intramolecular Hbond substituents is 1. The van der Waals surface area contributed by atoms with Crippen molar-refractivity contribution in [3.63, 3.8) is 0 Å². The van der Waals surface area contributed by atoms with Crippen LogP contribution >= 0.6 is 0 Å². The molecule has 0 bridgehead atoms. The highest BCUT2D eigenvalue weighted by molar-refractivity contribution is 5.88. The van der Waals surface area contributed by atoms with Crippen molar-refractivity contribution in [1.29, 1.82) is 0 Å². The SMILES string of the molecule is Cc1ccccc1CCCc1cccc(N=Nc2c(C)[nH]n(-c3cccc(C(=O)O)c3)c2=O)c1O. The van der Waals surface area contributed by atoms with Gasteiger partial charge in [-0.15, -0.1) is 10.2 Å². The molecule has 4 aromatic rings. The highest BCUT2D eigenvalue weighted by atomic mass is 16.4. The van der Waals surface area contributed by atoms with Crippen molar-refractivity contribution in [3.05, 3.63) is 105 Å². The number of carboxylic acids is 1. The van der Waals surface area contributed by atoms with Crippen LogP contribution in [0.2, 0.25) is 0 Å². The van der Waals surface area contributed by atoms with Crippen molar-refractivity contribution in [2.24, 2.45) is 10.2 Å². The highest BCUT2D eigenvalue weighted by Crippen LogP contribution is 2.32. The molecule has 178 valence electrons. The molecule has 3 aromatic carbocycles. The number of aryl methyl sites for hydroxylation is 4. The number of aromatic carboxylic acids is 1. The lowest BCUT2D eigenvalue weighted by Crippen LogP contribution is -2.14. The molecule has 0 aliphatic carbocycles. The molecule has 0 aliphatic heterocycles. The summed E-state index contributed by atoms with van der Waals surface area (Å²) in [5, 5.41) is 31.1. The van der Waals surface area contributed by atoms with Crippen LogP contribution in [0.4, 0.5) is 11.4 Å². The first-order valence-electron chi connectivity index (χ1n) is 11.3. The Morgan fingerprint density at radius 1 is 0.943 bits per heavy atom. The average molecular weight is 471 g/mol. The van der Waals surface area contributed by atoms with E-state index in [9.17, 15) is 19.8 Å². The van der Waals surface area contributed by atoms with Gasteiger partial charge in [-0.2, -0.15) is 0 Å². The minimum atomic E-state index is -1.09. The predicted molar refractivity (Wildman–Crippen MR) is 134 cm³/mol. The number of para-hydroxylation sites is 1. The second kappa shape index (κ2) is 10.2. The summed E-state index contributed by atoms with van der Waals surface area (Å²) in [6.07, 6.45) is 2.46.